The summed E-state index contributed by atoms with van der Waals surface area (Å²) in [5.41, 5.74) is -5.38. The number of aromatic nitrogens is 1. The van der Waals surface area contributed by atoms with E-state index >= 15 is 0 Å². The number of hydrogen-bond donors (Lipinski definition) is 3. The summed E-state index contributed by atoms with van der Waals surface area (Å²) in [7, 11) is 0. The Morgan fingerprint density at radius 2 is 2.04 bits per heavy atom. The summed E-state index contributed by atoms with van der Waals surface area (Å²) < 4.78 is 43.3. The summed E-state index contributed by atoms with van der Waals surface area (Å²) in [6, 6.07) is 1.74. The monoisotopic (exact) mass is 375 g/mol. The molecule has 1 aromatic rings. The molecule has 3 N–H and O–H groups in total. The quantitative estimate of drug-likeness (QED) is 0.367. The number of hydrogen-bond acceptors (Lipinski definition) is 7. The SMILES string of the molecule is CC(O)(C(=O)Nc1cnc(C#N)c(C(F)(F)F)c1)C(=O)OCCCCO. The van der Waals surface area contributed by atoms with Crippen LogP contribution < -0.4 is 5.32 Å². The van der Waals surface area contributed by atoms with Crippen LogP contribution >= 0.6 is 0 Å². The van der Waals surface area contributed by atoms with Crippen molar-refractivity contribution in [2.45, 2.75) is 31.5 Å². The summed E-state index contributed by atoms with van der Waals surface area (Å²) in [5.74, 6) is -2.63. The topological polar surface area (TPSA) is 133 Å². The normalized spacial score (nSPS) is 13.4. The van der Waals surface area contributed by atoms with E-state index in [1.54, 1.807) is 0 Å². The number of nitrogens with zero attached hydrogens (tertiary/aromatic N) is 2. The van der Waals surface area contributed by atoms with Crippen LogP contribution in [0.1, 0.15) is 31.0 Å². The van der Waals surface area contributed by atoms with Gasteiger partial charge in [0.2, 0.25) is 5.60 Å². The van der Waals surface area contributed by atoms with Gasteiger partial charge in [-0.25, -0.2) is 9.78 Å². The summed E-state index contributed by atoms with van der Waals surface area (Å²) in [6.45, 7) is 0.541. The molecule has 26 heavy (non-hydrogen) atoms. The van der Waals surface area contributed by atoms with E-state index in [0.29, 0.717) is 18.9 Å². The third-order valence-electron chi connectivity index (χ3n) is 3.18. The maximum Gasteiger partial charge on any atom is 0.419 e. The Kier molecular flexibility index (Phi) is 7.05. The molecule has 0 aliphatic rings. The van der Waals surface area contributed by atoms with Gasteiger partial charge in [0, 0.05) is 6.61 Å². The Balaban J connectivity index is 2.89. The summed E-state index contributed by atoms with van der Waals surface area (Å²) in [6.07, 6.45) is -3.45. The highest BCUT2D eigenvalue weighted by atomic mass is 19.4. The molecular weight excluding hydrogens is 359 g/mol. The van der Waals surface area contributed by atoms with Crippen LogP contribution in [0, 0.1) is 11.3 Å². The van der Waals surface area contributed by atoms with Gasteiger partial charge in [-0.3, -0.25) is 4.79 Å². The predicted molar refractivity (Wildman–Crippen MR) is 80.5 cm³/mol. The summed E-state index contributed by atoms with van der Waals surface area (Å²) >= 11 is 0. The second kappa shape index (κ2) is 8.59. The van der Waals surface area contributed by atoms with Crippen LogP contribution in [0.25, 0.3) is 0 Å². The molecule has 8 nitrogen and oxygen atoms in total. The Morgan fingerprint density at radius 1 is 1.38 bits per heavy atom. The van der Waals surface area contributed by atoms with Crippen molar-refractivity contribution in [1.82, 2.24) is 4.98 Å². The number of rotatable bonds is 7. The van der Waals surface area contributed by atoms with E-state index in [9.17, 15) is 27.9 Å². The van der Waals surface area contributed by atoms with Gasteiger partial charge in [0.05, 0.1) is 24.1 Å². The van der Waals surface area contributed by atoms with Crippen molar-refractivity contribution in [3.63, 3.8) is 0 Å². The fourth-order valence-corrected chi connectivity index (χ4v) is 1.70. The molecule has 0 bridgehead atoms. The number of aliphatic hydroxyl groups is 2. The number of unbranched alkanes of at least 4 members (excludes halogenated alkanes) is 1. The number of esters is 1. The Labute approximate surface area is 146 Å². The van der Waals surface area contributed by atoms with Crippen LogP contribution in [-0.2, 0) is 20.5 Å². The van der Waals surface area contributed by atoms with Crippen molar-refractivity contribution in [1.29, 1.82) is 5.26 Å². The lowest BCUT2D eigenvalue weighted by Gasteiger charge is -2.20. The van der Waals surface area contributed by atoms with Gasteiger partial charge in [0.25, 0.3) is 5.91 Å². The van der Waals surface area contributed by atoms with Crippen molar-refractivity contribution < 1.29 is 37.7 Å². The molecule has 142 valence electrons. The molecule has 1 aromatic heterocycles. The number of carbonyl (C=O) groups excluding carboxylic acids is 2. The molecule has 1 unspecified atom stereocenters. The zero-order valence-corrected chi connectivity index (χ0v) is 13.6. The highest BCUT2D eigenvalue weighted by Crippen LogP contribution is 2.32. The third-order valence-corrected chi connectivity index (χ3v) is 3.18. The lowest BCUT2D eigenvalue weighted by molar-refractivity contribution is -0.167. The van der Waals surface area contributed by atoms with E-state index < -0.39 is 40.6 Å². The number of amides is 1. The van der Waals surface area contributed by atoms with Crippen molar-refractivity contribution >= 4 is 17.6 Å². The molecule has 0 spiro atoms. The van der Waals surface area contributed by atoms with E-state index in [2.05, 4.69) is 9.72 Å². The zero-order valence-electron chi connectivity index (χ0n) is 13.6. The molecule has 0 saturated carbocycles. The van der Waals surface area contributed by atoms with Crippen LogP contribution in [0.3, 0.4) is 0 Å². The summed E-state index contributed by atoms with van der Waals surface area (Å²) in [5, 5.41) is 29.2. The number of anilines is 1. The van der Waals surface area contributed by atoms with Crippen LogP contribution in [0.2, 0.25) is 0 Å². The van der Waals surface area contributed by atoms with E-state index in [0.717, 1.165) is 13.1 Å². The minimum Gasteiger partial charge on any atom is -0.463 e. The van der Waals surface area contributed by atoms with Crippen LogP contribution in [0.4, 0.5) is 18.9 Å². The molecule has 0 aromatic carbocycles. The van der Waals surface area contributed by atoms with Crippen molar-refractivity contribution in [3.05, 3.63) is 23.5 Å². The number of ether oxygens (including phenoxy) is 1. The zero-order chi connectivity index (χ0) is 20.0. The number of nitriles is 1. The lowest BCUT2D eigenvalue weighted by atomic mass is 10.1. The highest BCUT2D eigenvalue weighted by molar-refractivity contribution is 6.11. The smallest absolute Gasteiger partial charge is 0.419 e. The van der Waals surface area contributed by atoms with E-state index in [1.165, 1.54) is 6.07 Å². The molecule has 0 radical (unpaired) electrons. The molecule has 1 heterocycles. The van der Waals surface area contributed by atoms with Crippen LogP contribution in [0.5, 0.6) is 0 Å². The third kappa shape index (κ3) is 5.40. The fourth-order valence-electron chi connectivity index (χ4n) is 1.70. The highest BCUT2D eigenvalue weighted by Gasteiger charge is 2.41. The first-order chi connectivity index (χ1) is 12.0. The average molecular weight is 375 g/mol. The molecule has 0 aliphatic carbocycles. The number of alkyl halides is 3. The Morgan fingerprint density at radius 3 is 2.58 bits per heavy atom. The van der Waals surface area contributed by atoms with E-state index in [1.807, 2.05) is 5.32 Å². The van der Waals surface area contributed by atoms with Crippen molar-refractivity contribution in [3.8, 4) is 6.07 Å². The minimum absolute atomic E-state index is 0.123. The number of pyridine rings is 1. The maximum absolute atomic E-state index is 12.9. The fraction of sp³-hybridized carbons (Fsp3) is 0.467. The van der Waals surface area contributed by atoms with Crippen LogP contribution in [0.15, 0.2) is 12.3 Å². The van der Waals surface area contributed by atoms with Crippen LogP contribution in [-0.4, -0.2) is 45.9 Å². The molecule has 0 aliphatic heterocycles. The van der Waals surface area contributed by atoms with Crippen molar-refractivity contribution in [2.75, 3.05) is 18.5 Å². The first-order valence-corrected chi connectivity index (χ1v) is 7.33. The molecule has 11 heteroatoms. The lowest BCUT2D eigenvalue weighted by Crippen LogP contribution is -2.48. The van der Waals surface area contributed by atoms with Gasteiger partial charge >= 0.3 is 12.1 Å². The Bertz CT molecular complexity index is 713. The first-order valence-electron chi connectivity index (χ1n) is 7.33. The molecule has 0 saturated heterocycles. The number of nitrogens with one attached hydrogen (secondary N) is 1. The molecular formula is C15H16F3N3O5. The number of halogens is 3. The second-order valence-corrected chi connectivity index (χ2v) is 5.32. The number of aliphatic hydroxyl groups excluding tert-OH is 1. The first kappa shape index (κ1) is 21.3. The van der Waals surface area contributed by atoms with Crippen molar-refractivity contribution in [2.24, 2.45) is 0 Å². The van der Waals surface area contributed by atoms with Gasteiger partial charge in [-0.1, -0.05) is 0 Å². The predicted octanol–water partition coefficient (Wildman–Crippen LogP) is 0.977. The molecule has 1 atom stereocenters. The average Bonchev–Trinajstić information content (AvgIpc) is 2.57. The van der Waals surface area contributed by atoms with Gasteiger partial charge in [-0.15, -0.1) is 0 Å². The van der Waals surface area contributed by atoms with Gasteiger partial charge < -0.3 is 20.3 Å². The molecule has 1 rings (SSSR count). The van der Waals surface area contributed by atoms with Gasteiger partial charge in [0.15, 0.2) is 5.69 Å². The standard InChI is InChI=1S/C15H16F3N3O5/c1-14(25,13(24)26-5-3-2-4-22)12(23)21-9-6-10(15(16,17)18)11(7-19)20-8-9/h6,8,22,25H,2-5H2,1H3,(H,21,23). The summed E-state index contributed by atoms with van der Waals surface area (Å²) in [4.78, 5) is 27.1. The minimum atomic E-state index is -4.88. The van der Waals surface area contributed by atoms with E-state index in [-0.39, 0.29) is 13.2 Å². The van der Waals surface area contributed by atoms with E-state index in [4.69, 9.17) is 10.4 Å². The largest absolute Gasteiger partial charge is 0.463 e. The van der Waals surface area contributed by atoms with Gasteiger partial charge in [-0.2, -0.15) is 18.4 Å². The second-order valence-electron chi connectivity index (χ2n) is 5.32. The molecule has 1 amide bonds. The van der Waals surface area contributed by atoms with Gasteiger partial charge in [-0.05, 0) is 25.8 Å². The number of carbonyl (C=O) groups is 2. The maximum atomic E-state index is 12.9. The Hall–Kier alpha value is -2.71. The molecule has 0 fully saturated rings. The van der Waals surface area contributed by atoms with Gasteiger partial charge in [0.1, 0.15) is 6.07 Å².